The van der Waals surface area contributed by atoms with Crippen molar-refractivity contribution in [2.45, 2.75) is 51.2 Å². The quantitative estimate of drug-likeness (QED) is 0.695. The van der Waals surface area contributed by atoms with Crippen LogP contribution in [0, 0.1) is 5.92 Å². The number of methoxy groups -OCH3 is 1. The van der Waals surface area contributed by atoms with Gasteiger partial charge in [0.1, 0.15) is 10.9 Å². The molecule has 0 bridgehead atoms. The SMILES string of the molecule is CC[C@H](O)[C@@H]1C[C@@H]([C@@H](C)OC)[C@H](n2c(=O)sc3c(=O)[nH]c(N)nc32)O1. The third-order valence-corrected chi connectivity index (χ3v) is 5.70. The monoisotopic (exact) mass is 370 g/mol. The van der Waals surface area contributed by atoms with Crippen molar-refractivity contribution < 1.29 is 14.6 Å². The molecule has 0 saturated carbocycles. The molecular weight excluding hydrogens is 348 g/mol. The molecule has 5 atom stereocenters. The first-order valence-corrected chi connectivity index (χ1v) is 8.96. The largest absolute Gasteiger partial charge is 0.390 e. The summed E-state index contributed by atoms with van der Waals surface area (Å²) in [5.41, 5.74) is 5.38. The van der Waals surface area contributed by atoms with Crippen molar-refractivity contribution >= 4 is 27.6 Å². The molecule has 3 rings (SSSR count). The van der Waals surface area contributed by atoms with Crippen molar-refractivity contribution in [3.8, 4) is 0 Å². The second-order valence-corrected chi connectivity index (χ2v) is 7.18. The topological polar surface area (TPSA) is 132 Å². The zero-order chi connectivity index (χ0) is 18.3. The van der Waals surface area contributed by atoms with Gasteiger partial charge in [-0.25, -0.2) is 0 Å². The van der Waals surface area contributed by atoms with E-state index in [0.717, 1.165) is 11.3 Å². The highest BCUT2D eigenvalue weighted by molar-refractivity contribution is 7.16. The van der Waals surface area contributed by atoms with Gasteiger partial charge in [0.15, 0.2) is 5.65 Å². The highest BCUT2D eigenvalue weighted by Gasteiger charge is 2.43. The Bertz CT molecular complexity index is 875. The van der Waals surface area contributed by atoms with Gasteiger partial charge in [0, 0.05) is 13.0 Å². The third-order valence-electron chi connectivity index (χ3n) is 4.75. The van der Waals surface area contributed by atoms with Crippen molar-refractivity contribution in [1.82, 2.24) is 14.5 Å². The van der Waals surface area contributed by atoms with Crippen LogP contribution in [0.25, 0.3) is 10.3 Å². The van der Waals surface area contributed by atoms with Crippen molar-refractivity contribution in [3.05, 3.63) is 20.0 Å². The van der Waals surface area contributed by atoms with E-state index in [4.69, 9.17) is 15.2 Å². The van der Waals surface area contributed by atoms with Crippen molar-refractivity contribution in [2.24, 2.45) is 5.92 Å². The van der Waals surface area contributed by atoms with E-state index in [2.05, 4.69) is 9.97 Å². The van der Waals surface area contributed by atoms with Gasteiger partial charge in [0.2, 0.25) is 5.95 Å². The molecule has 0 radical (unpaired) electrons. The first-order valence-electron chi connectivity index (χ1n) is 8.14. The number of nitrogens with zero attached hydrogens (tertiary/aromatic N) is 2. The zero-order valence-electron chi connectivity index (χ0n) is 14.3. The Hall–Kier alpha value is -1.75. The van der Waals surface area contributed by atoms with E-state index >= 15 is 0 Å². The molecule has 25 heavy (non-hydrogen) atoms. The Morgan fingerprint density at radius 3 is 2.92 bits per heavy atom. The molecule has 2 aromatic rings. The van der Waals surface area contributed by atoms with Crippen LogP contribution in [0.15, 0.2) is 9.59 Å². The van der Waals surface area contributed by atoms with Crippen molar-refractivity contribution in [2.75, 3.05) is 12.8 Å². The number of hydrogen-bond acceptors (Lipinski definition) is 8. The summed E-state index contributed by atoms with van der Waals surface area (Å²) in [6.45, 7) is 3.75. The molecule has 1 aliphatic heterocycles. The fourth-order valence-electron chi connectivity index (χ4n) is 3.25. The molecule has 138 valence electrons. The van der Waals surface area contributed by atoms with E-state index in [1.54, 1.807) is 7.11 Å². The number of ether oxygens (including phenoxy) is 2. The van der Waals surface area contributed by atoms with Gasteiger partial charge in [-0.3, -0.25) is 19.1 Å². The number of hydrogen-bond donors (Lipinski definition) is 3. The number of aromatic nitrogens is 3. The first-order chi connectivity index (χ1) is 11.9. The van der Waals surface area contributed by atoms with Gasteiger partial charge < -0.3 is 20.3 Å². The lowest BCUT2D eigenvalue weighted by Crippen LogP contribution is -2.30. The number of H-pyrrole nitrogens is 1. The Balaban J connectivity index is 2.12. The summed E-state index contributed by atoms with van der Waals surface area (Å²) < 4.78 is 13.0. The number of nitrogen functional groups attached to an aromatic ring is 1. The third kappa shape index (κ3) is 3.10. The van der Waals surface area contributed by atoms with Crippen molar-refractivity contribution in [3.63, 3.8) is 0 Å². The predicted octanol–water partition coefficient (Wildman–Crippen LogP) is 0.438. The van der Waals surface area contributed by atoms with Crippen LogP contribution < -0.4 is 16.2 Å². The van der Waals surface area contributed by atoms with Gasteiger partial charge in [-0.15, -0.1) is 0 Å². The number of thiazole rings is 1. The number of fused-ring (bicyclic) bond motifs is 1. The van der Waals surface area contributed by atoms with E-state index in [1.807, 2.05) is 13.8 Å². The van der Waals surface area contributed by atoms with E-state index in [0.29, 0.717) is 12.8 Å². The summed E-state index contributed by atoms with van der Waals surface area (Å²) in [4.78, 5) is 30.8. The van der Waals surface area contributed by atoms with Crippen LogP contribution in [-0.4, -0.2) is 45.1 Å². The van der Waals surface area contributed by atoms with Crippen LogP contribution >= 0.6 is 11.3 Å². The van der Waals surface area contributed by atoms with Gasteiger partial charge in [-0.1, -0.05) is 18.3 Å². The number of aliphatic hydroxyl groups excluding tert-OH is 1. The highest BCUT2D eigenvalue weighted by Crippen LogP contribution is 2.39. The van der Waals surface area contributed by atoms with E-state index in [-0.39, 0.29) is 33.2 Å². The Kier molecular flexibility index (Phi) is 4.96. The summed E-state index contributed by atoms with van der Waals surface area (Å²) in [5.74, 6) is -0.238. The molecule has 0 aliphatic carbocycles. The minimum atomic E-state index is -0.684. The molecule has 0 spiro atoms. The van der Waals surface area contributed by atoms with E-state index in [9.17, 15) is 14.7 Å². The molecule has 1 fully saturated rings. The van der Waals surface area contributed by atoms with Gasteiger partial charge >= 0.3 is 4.87 Å². The van der Waals surface area contributed by atoms with Gasteiger partial charge in [-0.05, 0) is 19.8 Å². The lowest BCUT2D eigenvalue weighted by molar-refractivity contribution is -0.0763. The van der Waals surface area contributed by atoms with Gasteiger partial charge in [-0.2, -0.15) is 4.98 Å². The molecule has 0 unspecified atom stereocenters. The van der Waals surface area contributed by atoms with Crippen molar-refractivity contribution in [1.29, 1.82) is 0 Å². The number of anilines is 1. The molecule has 3 heterocycles. The minimum absolute atomic E-state index is 0.0662. The summed E-state index contributed by atoms with van der Waals surface area (Å²) in [7, 11) is 1.58. The summed E-state index contributed by atoms with van der Waals surface area (Å²) in [6, 6.07) is 0. The van der Waals surface area contributed by atoms with Gasteiger partial charge in [0.25, 0.3) is 5.56 Å². The lowest BCUT2D eigenvalue weighted by atomic mass is 9.95. The maximum absolute atomic E-state index is 12.6. The highest BCUT2D eigenvalue weighted by atomic mass is 32.1. The minimum Gasteiger partial charge on any atom is -0.390 e. The number of rotatable bonds is 5. The Labute approximate surface area is 147 Å². The molecule has 1 saturated heterocycles. The van der Waals surface area contributed by atoms with E-state index < -0.39 is 24.0 Å². The van der Waals surface area contributed by atoms with Crippen LogP contribution in [0.4, 0.5) is 5.95 Å². The smallest absolute Gasteiger partial charge is 0.311 e. The molecule has 0 aromatic carbocycles. The van der Waals surface area contributed by atoms with Gasteiger partial charge in [0.05, 0.1) is 18.3 Å². The molecule has 10 heteroatoms. The molecule has 4 N–H and O–H groups in total. The Morgan fingerprint density at radius 2 is 2.28 bits per heavy atom. The van der Waals surface area contributed by atoms with E-state index in [1.165, 1.54) is 4.57 Å². The normalized spacial score (nSPS) is 26.2. The number of aromatic amines is 1. The summed E-state index contributed by atoms with van der Waals surface area (Å²) in [5, 5.41) is 10.2. The predicted molar refractivity (Wildman–Crippen MR) is 93.7 cm³/mol. The molecule has 9 nitrogen and oxygen atoms in total. The molecule has 2 aromatic heterocycles. The Morgan fingerprint density at radius 1 is 1.56 bits per heavy atom. The number of nitrogens with two attached hydrogens (primary N) is 1. The van der Waals surface area contributed by atoms with Crippen LogP contribution in [-0.2, 0) is 9.47 Å². The van der Waals surface area contributed by atoms with Crippen LogP contribution in [0.5, 0.6) is 0 Å². The summed E-state index contributed by atoms with van der Waals surface area (Å²) in [6.07, 6.45) is -0.874. The first kappa shape index (κ1) is 18.1. The number of aliphatic hydroxyl groups is 1. The maximum Gasteiger partial charge on any atom is 0.311 e. The van der Waals surface area contributed by atoms with Crippen LogP contribution in [0.3, 0.4) is 0 Å². The van der Waals surface area contributed by atoms with Crippen LogP contribution in [0.1, 0.15) is 32.9 Å². The average molecular weight is 370 g/mol. The average Bonchev–Trinajstić information content (AvgIpc) is 3.14. The number of nitrogens with one attached hydrogen (secondary N) is 1. The standard InChI is InChI=1S/C15H22N4O5S/c1-4-8(20)9-5-7(6(2)23-3)13(24-9)19-11-10(25-15(19)22)12(21)18-14(16)17-11/h6-9,13,20H,4-5H2,1-3H3,(H3,16,17,18,21)/t6-,7+,8+,9+,13-/m1/s1. The fraction of sp³-hybridized carbons (Fsp3) is 0.667. The maximum atomic E-state index is 12.6. The second-order valence-electron chi connectivity index (χ2n) is 6.22. The zero-order valence-corrected chi connectivity index (χ0v) is 15.1. The molecule has 0 amide bonds. The molecule has 1 aliphatic rings. The van der Waals surface area contributed by atoms with Crippen LogP contribution in [0.2, 0.25) is 0 Å². The summed E-state index contributed by atoms with van der Waals surface area (Å²) >= 11 is 0.800. The second kappa shape index (κ2) is 6.87. The lowest BCUT2D eigenvalue weighted by Gasteiger charge is -2.24. The molecular formula is C15H22N4O5S. The fourth-order valence-corrected chi connectivity index (χ4v) is 4.09.